The van der Waals surface area contributed by atoms with Crippen LogP contribution in [0.3, 0.4) is 0 Å². The molecule has 1 aliphatic heterocycles. The largest absolute Gasteiger partial charge is 0.460 e. The standard InChI is InChI=1S/C9H10O4/c10-4-3-7-1-2-8(13-7)9-11-5-6-12-9/h1-2,4,9H,3,5-6H2. The molecule has 1 aromatic rings. The van der Waals surface area contributed by atoms with Gasteiger partial charge in [-0.15, -0.1) is 0 Å². The zero-order chi connectivity index (χ0) is 9.10. The summed E-state index contributed by atoms with van der Waals surface area (Å²) in [6.07, 6.45) is 0.714. The first-order chi connectivity index (χ1) is 6.40. The number of aldehydes is 1. The number of hydrogen-bond donors (Lipinski definition) is 0. The second-order valence-electron chi connectivity index (χ2n) is 2.75. The molecule has 4 heteroatoms. The minimum atomic E-state index is -0.389. The Hall–Kier alpha value is -1.13. The van der Waals surface area contributed by atoms with E-state index in [1.54, 1.807) is 12.1 Å². The lowest BCUT2D eigenvalue weighted by Crippen LogP contribution is -1.95. The lowest BCUT2D eigenvalue weighted by atomic mass is 10.3. The molecule has 1 aromatic heterocycles. The zero-order valence-corrected chi connectivity index (χ0v) is 7.06. The van der Waals surface area contributed by atoms with Crippen LogP contribution < -0.4 is 0 Å². The van der Waals surface area contributed by atoms with Crippen molar-refractivity contribution in [2.45, 2.75) is 12.7 Å². The molecule has 70 valence electrons. The van der Waals surface area contributed by atoms with Gasteiger partial charge in [0.2, 0.25) is 6.29 Å². The van der Waals surface area contributed by atoms with Crippen LogP contribution in [0.1, 0.15) is 17.8 Å². The molecule has 0 spiro atoms. The molecular formula is C9H10O4. The van der Waals surface area contributed by atoms with Crippen molar-refractivity contribution < 1.29 is 18.7 Å². The van der Waals surface area contributed by atoms with E-state index in [0.717, 1.165) is 6.29 Å². The van der Waals surface area contributed by atoms with E-state index < -0.39 is 0 Å². The van der Waals surface area contributed by atoms with Crippen molar-refractivity contribution in [3.8, 4) is 0 Å². The maximum absolute atomic E-state index is 10.2. The predicted octanol–water partition coefficient (Wildman–Crippen LogP) is 1.07. The molecule has 0 saturated carbocycles. The number of furan rings is 1. The Morgan fingerprint density at radius 2 is 2.15 bits per heavy atom. The Bertz CT molecular complexity index is 286. The Labute approximate surface area is 75.4 Å². The van der Waals surface area contributed by atoms with E-state index >= 15 is 0 Å². The first-order valence-electron chi connectivity index (χ1n) is 4.15. The summed E-state index contributed by atoms with van der Waals surface area (Å²) in [4.78, 5) is 10.2. The SMILES string of the molecule is O=CCc1ccc(C2OCCO2)o1. The van der Waals surface area contributed by atoms with Gasteiger partial charge in [-0.25, -0.2) is 0 Å². The quantitative estimate of drug-likeness (QED) is 0.656. The molecule has 0 unspecified atom stereocenters. The molecule has 0 radical (unpaired) electrons. The molecule has 2 rings (SSSR count). The maximum Gasteiger partial charge on any atom is 0.217 e. The maximum atomic E-state index is 10.2. The fraction of sp³-hybridized carbons (Fsp3) is 0.444. The summed E-state index contributed by atoms with van der Waals surface area (Å²) in [5.74, 6) is 1.28. The van der Waals surface area contributed by atoms with E-state index in [1.165, 1.54) is 0 Å². The van der Waals surface area contributed by atoms with Crippen LogP contribution in [-0.4, -0.2) is 19.5 Å². The van der Waals surface area contributed by atoms with Crippen molar-refractivity contribution in [3.05, 3.63) is 23.7 Å². The molecule has 13 heavy (non-hydrogen) atoms. The van der Waals surface area contributed by atoms with Crippen LogP contribution in [0.5, 0.6) is 0 Å². The number of rotatable bonds is 3. The summed E-state index contributed by atoms with van der Waals surface area (Å²) in [5, 5.41) is 0. The molecule has 1 saturated heterocycles. The highest BCUT2D eigenvalue weighted by Crippen LogP contribution is 2.24. The highest BCUT2D eigenvalue weighted by Gasteiger charge is 2.21. The summed E-state index contributed by atoms with van der Waals surface area (Å²) in [6.45, 7) is 1.18. The van der Waals surface area contributed by atoms with Crippen LogP contribution in [0.2, 0.25) is 0 Å². The first kappa shape index (κ1) is 8.47. The monoisotopic (exact) mass is 182 g/mol. The van der Waals surface area contributed by atoms with Crippen molar-refractivity contribution in [1.29, 1.82) is 0 Å². The number of carbonyl (C=O) groups excluding carboxylic acids is 1. The molecule has 0 bridgehead atoms. The van der Waals surface area contributed by atoms with Crippen LogP contribution in [0.4, 0.5) is 0 Å². The summed E-state index contributed by atoms with van der Waals surface area (Å²) < 4.78 is 15.8. The van der Waals surface area contributed by atoms with Crippen LogP contribution in [0, 0.1) is 0 Å². The molecule has 2 heterocycles. The van der Waals surface area contributed by atoms with Crippen LogP contribution in [0.15, 0.2) is 16.5 Å². The van der Waals surface area contributed by atoms with Crippen molar-refractivity contribution in [3.63, 3.8) is 0 Å². The number of ether oxygens (including phenoxy) is 2. The first-order valence-corrected chi connectivity index (χ1v) is 4.15. The molecule has 0 aliphatic carbocycles. The van der Waals surface area contributed by atoms with Gasteiger partial charge < -0.3 is 18.7 Å². The third-order valence-electron chi connectivity index (χ3n) is 1.82. The molecule has 0 N–H and O–H groups in total. The Morgan fingerprint density at radius 1 is 1.38 bits per heavy atom. The van der Waals surface area contributed by atoms with Crippen molar-refractivity contribution in [2.75, 3.05) is 13.2 Å². The highest BCUT2D eigenvalue weighted by molar-refractivity contribution is 5.53. The lowest BCUT2D eigenvalue weighted by molar-refractivity contribution is -0.107. The van der Waals surface area contributed by atoms with E-state index in [1.807, 2.05) is 0 Å². The molecule has 0 aromatic carbocycles. The molecule has 4 nitrogen and oxygen atoms in total. The van der Waals surface area contributed by atoms with Gasteiger partial charge in [0, 0.05) is 0 Å². The van der Waals surface area contributed by atoms with Gasteiger partial charge in [-0.1, -0.05) is 0 Å². The molecule has 0 atom stereocenters. The minimum Gasteiger partial charge on any atom is -0.460 e. The van der Waals surface area contributed by atoms with E-state index in [2.05, 4.69) is 0 Å². The van der Waals surface area contributed by atoms with Crippen LogP contribution in [-0.2, 0) is 20.7 Å². The molecular weight excluding hydrogens is 172 g/mol. The van der Waals surface area contributed by atoms with Crippen LogP contribution in [0.25, 0.3) is 0 Å². The van der Waals surface area contributed by atoms with Gasteiger partial charge in [-0.2, -0.15) is 0 Å². The molecule has 0 amide bonds. The van der Waals surface area contributed by atoms with Crippen molar-refractivity contribution in [2.24, 2.45) is 0 Å². The zero-order valence-electron chi connectivity index (χ0n) is 7.06. The lowest BCUT2D eigenvalue weighted by Gasteiger charge is -2.03. The molecule has 1 aliphatic rings. The average Bonchev–Trinajstić information content (AvgIpc) is 2.70. The van der Waals surface area contributed by atoms with E-state index in [-0.39, 0.29) is 6.29 Å². The highest BCUT2D eigenvalue weighted by atomic mass is 16.7. The number of hydrogen-bond acceptors (Lipinski definition) is 4. The Morgan fingerprint density at radius 3 is 2.85 bits per heavy atom. The van der Waals surface area contributed by atoms with E-state index in [0.29, 0.717) is 31.2 Å². The second-order valence-corrected chi connectivity index (χ2v) is 2.75. The summed E-state index contributed by atoms with van der Waals surface area (Å²) in [7, 11) is 0. The van der Waals surface area contributed by atoms with E-state index in [4.69, 9.17) is 13.9 Å². The Kier molecular flexibility index (Phi) is 2.42. The van der Waals surface area contributed by atoms with Gasteiger partial charge in [0.15, 0.2) is 5.76 Å². The van der Waals surface area contributed by atoms with E-state index in [9.17, 15) is 4.79 Å². The smallest absolute Gasteiger partial charge is 0.217 e. The van der Waals surface area contributed by atoms with Crippen molar-refractivity contribution in [1.82, 2.24) is 0 Å². The van der Waals surface area contributed by atoms with Gasteiger partial charge in [0.1, 0.15) is 12.0 Å². The third kappa shape index (κ3) is 1.79. The van der Waals surface area contributed by atoms with Gasteiger partial charge in [0.25, 0.3) is 0 Å². The third-order valence-corrected chi connectivity index (χ3v) is 1.82. The summed E-state index contributed by atoms with van der Waals surface area (Å²) >= 11 is 0. The van der Waals surface area contributed by atoms with Gasteiger partial charge in [0.05, 0.1) is 19.6 Å². The Balaban J connectivity index is 2.07. The van der Waals surface area contributed by atoms with Crippen molar-refractivity contribution >= 4 is 6.29 Å². The van der Waals surface area contributed by atoms with Crippen LogP contribution >= 0.6 is 0 Å². The summed E-state index contributed by atoms with van der Waals surface area (Å²) in [5.41, 5.74) is 0. The fourth-order valence-electron chi connectivity index (χ4n) is 1.24. The fourth-order valence-corrected chi connectivity index (χ4v) is 1.24. The second kappa shape index (κ2) is 3.72. The normalized spacial score (nSPS) is 17.8. The topological polar surface area (TPSA) is 48.7 Å². The predicted molar refractivity (Wildman–Crippen MR) is 43.1 cm³/mol. The summed E-state index contributed by atoms with van der Waals surface area (Å²) in [6, 6.07) is 3.53. The minimum absolute atomic E-state index is 0.298. The molecule has 1 fully saturated rings. The van der Waals surface area contributed by atoms with Gasteiger partial charge >= 0.3 is 0 Å². The van der Waals surface area contributed by atoms with Gasteiger partial charge in [-0.3, -0.25) is 0 Å². The number of carbonyl (C=O) groups is 1. The van der Waals surface area contributed by atoms with Gasteiger partial charge in [-0.05, 0) is 12.1 Å². The average molecular weight is 182 g/mol.